The summed E-state index contributed by atoms with van der Waals surface area (Å²) in [6.07, 6.45) is 3.67. The van der Waals surface area contributed by atoms with Crippen molar-refractivity contribution in [2.75, 3.05) is 26.3 Å². The number of aryl methyl sites for hydroxylation is 2. The van der Waals surface area contributed by atoms with Gasteiger partial charge in [0.1, 0.15) is 11.3 Å². The van der Waals surface area contributed by atoms with Crippen molar-refractivity contribution in [3.05, 3.63) is 39.2 Å². The number of ether oxygens (including phenoxy) is 2. The Kier molecular flexibility index (Phi) is 5.84. The Bertz CT molecular complexity index is 999. The summed E-state index contributed by atoms with van der Waals surface area (Å²) in [6.45, 7) is 7.98. The van der Waals surface area contributed by atoms with Crippen LogP contribution in [0.15, 0.2) is 21.3 Å². The molecule has 0 saturated carbocycles. The zero-order valence-corrected chi connectivity index (χ0v) is 17.9. The molecule has 1 spiro atoms. The van der Waals surface area contributed by atoms with Crippen molar-refractivity contribution in [1.29, 1.82) is 0 Å². The molecule has 7 nitrogen and oxygen atoms in total. The fourth-order valence-corrected chi connectivity index (χ4v) is 4.65. The van der Waals surface area contributed by atoms with Crippen molar-refractivity contribution >= 4 is 16.9 Å². The van der Waals surface area contributed by atoms with E-state index in [1.54, 1.807) is 6.92 Å². The molecule has 2 N–H and O–H groups in total. The molecule has 162 valence electrons. The third-order valence-corrected chi connectivity index (χ3v) is 6.46. The second kappa shape index (κ2) is 8.40. The van der Waals surface area contributed by atoms with Gasteiger partial charge in [-0.25, -0.2) is 4.79 Å². The maximum Gasteiger partial charge on any atom is 0.339 e. The topological polar surface area (TPSA) is 89.8 Å². The smallest absolute Gasteiger partial charge is 0.339 e. The predicted molar refractivity (Wildman–Crippen MR) is 114 cm³/mol. The van der Waals surface area contributed by atoms with E-state index in [4.69, 9.17) is 13.9 Å². The summed E-state index contributed by atoms with van der Waals surface area (Å²) in [6, 6.07) is 3.69. The molecule has 2 saturated heterocycles. The Morgan fingerprint density at radius 1 is 1.23 bits per heavy atom. The third kappa shape index (κ3) is 3.96. The molecule has 2 aliphatic rings. The van der Waals surface area contributed by atoms with Crippen LogP contribution in [0.5, 0.6) is 5.75 Å². The molecule has 1 atom stereocenters. The van der Waals surface area contributed by atoms with E-state index in [0.29, 0.717) is 16.9 Å². The number of carbonyl (C=O) groups excluding carboxylic acids is 1. The van der Waals surface area contributed by atoms with Crippen LogP contribution < -0.4 is 21.0 Å². The van der Waals surface area contributed by atoms with Crippen molar-refractivity contribution in [3.8, 4) is 5.75 Å². The molecule has 4 rings (SSSR count). The number of benzene rings is 1. The highest BCUT2D eigenvalue weighted by Gasteiger charge is 2.43. The molecule has 7 heteroatoms. The van der Waals surface area contributed by atoms with Crippen LogP contribution in [0.25, 0.3) is 11.0 Å². The van der Waals surface area contributed by atoms with Crippen molar-refractivity contribution in [2.24, 2.45) is 0 Å². The first kappa shape index (κ1) is 20.9. The highest BCUT2D eigenvalue weighted by Crippen LogP contribution is 2.34. The Labute approximate surface area is 176 Å². The maximum atomic E-state index is 12.8. The van der Waals surface area contributed by atoms with E-state index >= 15 is 0 Å². The molecule has 3 heterocycles. The lowest BCUT2D eigenvalue weighted by atomic mass is 9.80. The quantitative estimate of drug-likeness (QED) is 0.748. The van der Waals surface area contributed by atoms with Crippen LogP contribution in [0.1, 0.15) is 42.4 Å². The summed E-state index contributed by atoms with van der Waals surface area (Å²) < 4.78 is 17.5. The number of nitrogens with one attached hydrogen (secondary N) is 2. The molecule has 2 aliphatic heterocycles. The Balaban J connectivity index is 1.50. The van der Waals surface area contributed by atoms with Gasteiger partial charge in [-0.05, 0) is 82.8 Å². The average molecular weight is 415 g/mol. The number of fused-ring (bicyclic) bond motifs is 1. The summed E-state index contributed by atoms with van der Waals surface area (Å²) in [7, 11) is 0. The minimum Gasteiger partial charge on any atom is -0.483 e. The number of rotatable bonds is 4. The van der Waals surface area contributed by atoms with Gasteiger partial charge in [-0.2, -0.15) is 0 Å². The van der Waals surface area contributed by atoms with Crippen LogP contribution in [-0.2, 0) is 9.53 Å². The van der Waals surface area contributed by atoms with Crippen LogP contribution in [0.2, 0.25) is 0 Å². The van der Waals surface area contributed by atoms with Gasteiger partial charge in [-0.3, -0.25) is 4.79 Å². The normalized spacial score (nSPS) is 21.0. The van der Waals surface area contributed by atoms with Crippen LogP contribution in [0, 0.1) is 20.8 Å². The zero-order chi connectivity index (χ0) is 21.3. The highest BCUT2D eigenvalue weighted by molar-refractivity contribution is 5.88. The van der Waals surface area contributed by atoms with Crippen LogP contribution in [0.3, 0.4) is 0 Å². The minimum absolute atomic E-state index is 0.000653. The molecule has 30 heavy (non-hydrogen) atoms. The largest absolute Gasteiger partial charge is 0.483 e. The van der Waals surface area contributed by atoms with Gasteiger partial charge < -0.3 is 24.5 Å². The van der Waals surface area contributed by atoms with Gasteiger partial charge in [0.05, 0.1) is 17.0 Å². The molecule has 2 fully saturated rings. The van der Waals surface area contributed by atoms with Gasteiger partial charge in [-0.15, -0.1) is 0 Å². The van der Waals surface area contributed by atoms with E-state index in [2.05, 4.69) is 10.6 Å². The standard InChI is InChI=1S/C23H30N2O5/c1-14-11-17(21-15(2)16(3)22(27)30-18(21)12-14)28-13-20(26)25-19-5-4-10-29-23(19)6-8-24-9-7-23/h11-12,19,24H,4-10,13H2,1-3H3,(H,25,26). The number of carbonyl (C=O) groups is 1. The van der Waals surface area contributed by atoms with Gasteiger partial charge in [0, 0.05) is 12.2 Å². The third-order valence-electron chi connectivity index (χ3n) is 6.46. The fraction of sp³-hybridized carbons (Fsp3) is 0.565. The van der Waals surface area contributed by atoms with Crippen molar-refractivity contribution in [1.82, 2.24) is 10.6 Å². The Morgan fingerprint density at radius 2 is 2.00 bits per heavy atom. The van der Waals surface area contributed by atoms with Crippen molar-refractivity contribution in [3.63, 3.8) is 0 Å². The number of hydrogen-bond donors (Lipinski definition) is 2. The van der Waals surface area contributed by atoms with E-state index in [1.165, 1.54) is 0 Å². The highest BCUT2D eigenvalue weighted by atomic mass is 16.5. The van der Waals surface area contributed by atoms with Crippen molar-refractivity contribution < 1.29 is 18.7 Å². The van der Waals surface area contributed by atoms with E-state index in [9.17, 15) is 9.59 Å². The molecular weight excluding hydrogens is 384 g/mol. The second-order valence-electron chi connectivity index (χ2n) is 8.49. The molecule has 0 bridgehead atoms. The average Bonchev–Trinajstić information content (AvgIpc) is 2.72. The van der Waals surface area contributed by atoms with Gasteiger partial charge in [-0.1, -0.05) is 0 Å². The summed E-state index contributed by atoms with van der Waals surface area (Å²) in [5.74, 6) is 0.394. The maximum absolute atomic E-state index is 12.8. The van der Waals surface area contributed by atoms with E-state index in [0.717, 1.165) is 61.9 Å². The van der Waals surface area contributed by atoms with Gasteiger partial charge in [0.15, 0.2) is 6.61 Å². The number of hydrogen-bond acceptors (Lipinski definition) is 6. The first-order valence-electron chi connectivity index (χ1n) is 10.7. The molecule has 1 aromatic heterocycles. The lowest BCUT2D eigenvalue weighted by Crippen LogP contribution is -2.61. The van der Waals surface area contributed by atoms with E-state index < -0.39 is 0 Å². The van der Waals surface area contributed by atoms with Crippen molar-refractivity contribution in [2.45, 2.75) is 58.1 Å². The molecule has 2 aromatic rings. The number of amides is 1. The predicted octanol–water partition coefficient (Wildman–Crippen LogP) is 2.51. The van der Waals surface area contributed by atoms with Gasteiger partial charge in [0.2, 0.25) is 0 Å². The fourth-order valence-electron chi connectivity index (χ4n) is 4.65. The van der Waals surface area contributed by atoms with Crippen LogP contribution in [-0.4, -0.2) is 43.9 Å². The second-order valence-corrected chi connectivity index (χ2v) is 8.49. The lowest BCUT2D eigenvalue weighted by molar-refractivity contribution is -0.138. The summed E-state index contributed by atoms with van der Waals surface area (Å²) in [5.41, 5.74) is 2.12. The summed E-state index contributed by atoms with van der Waals surface area (Å²) in [5, 5.41) is 7.26. The van der Waals surface area contributed by atoms with E-state index in [1.807, 2.05) is 26.0 Å². The molecular formula is C23H30N2O5. The van der Waals surface area contributed by atoms with Gasteiger partial charge in [0.25, 0.3) is 5.91 Å². The summed E-state index contributed by atoms with van der Waals surface area (Å²) >= 11 is 0. The number of piperidine rings is 1. The first-order chi connectivity index (χ1) is 14.4. The first-order valence-corrected chi connectivity index (χ1v) is 10.7. The minimum atomic E-state index is -0.348. The molecule has 1 unspecified atom stereocenters. The molecule has 1 aromatic carbocycles. The van der Waals surface area contributed by atoms with Gasteiger partial charge >= 0.3 is 5.63 Å². The Hall–Kier alpha value is -2.38. The molecule has 0 aliphatic carbocycles. The SMILES string of the molecule is Cc1cc(OCC(=O)NC2CCCOC23CCNCC3)c2c(C)c(C)c(=O)oc2c1. The summed E-state index contributed by atoms with van der Waals surface area (Å²) in [4.78, 5) is 24.8. The van der Waals surface area contributed by atoms with Crippen LogP contribution >= 0.6 is 0 Å². The molecule has 1 amide bonds. The zero-order valence-electron chi connectivity index (χ0n) is 17.9. The lowest BCUT2D eigenvalue weighted by Gasteiger charge is -2.46. The van der Waals surface area contributed by atoms with Crippen LogP contribution in [0.4, 0.5) is 0 Å². The monoisotopic (exact) mass is 414 g/mol. The molecule has 0 radical (unpaired) electrons. The Morgan fingerprint density at radius 3 is 2.77 bits per heavy atom. The van der Waals surface area contributed by atoms with E-state index in [-0.39, 0.29) is 29.8 Å².